The Morgan fingerprint density at radius 1 is 1.19 bits per heavy atom. The van der Waals surface area contributed by atoms with Gasteiger partial charge in [0.1, 0.15) is 5.82 Å². The molecular weight excluding hydrogens is 339 g/mol. The number of esters is 1. The number of oxime groups is 1. The van der Waals surface area contributed by atoms with E-state index in [1.54, 1.807) is 12.1 Å². The molecule has 1 amide bonds. The lowest BCUT2D eigenvalue weighted by atomic mass is 10.1. The third-order valence-electron chi connectivity index (χ3n) is 3.77. The number of hydrogen-bond acceptors (Lipinski definition) is 5. The molecule has 134 valence electrons. The number of benzene rings is 2. The minimum Gasteiger partial charge on any atom is -0.453 e. The van der Waals surface area contributed by atoms with Gasteiger partial charge in [-0.25, -0.2) is 9.18 Å². The topological polar surface area (TPSA) is 77.0 Å². The van der Waals surface area contributed by atoms with E-state index >= 15 is 0 Å². The molecule has 26 heavy (non-hydrogen) atoms. The van der Waals surface area contributed by atoms with Crippen LogP contribution in [0.4, 0.5) is 4.39 Å². The molecular formula is C19H17FN2O4. The summed E-state index contributed by atoms with van der Waals surface area (Å²) < 4.78 is 18.2. The number of rotatable bonds is 6. The molecule has 0 bridgehead atoms. The van der Waals surface area contributed by atoms with Crippen LogP contribution in [0, 0.1) is 5.82 Å². The molecule has 2 aromatic rings. The van der Waals surface area contributed by atoms with Gasteiger partial charge in [-0.3, -0.25) is 4.79 Å². The van der Waals surface area contributed by atoms with Crippen molar-refractivity contribution >= 4 is 17.6 Å². The van der Waals surface area contributed by atoms with Crippen LogP contribution in [0.25, 0.3) is 0 Å². The first-order valence-corrected chi connectivity index (χ1v) is 8.08. The van der Waals surface area contributed by atoms with E-state index in [2.05, 4.69) is 10.5 Å². The molecule has 0 saturated heterocycles. The maximum Gasteiger partial charge on any atom is 0.351 e. The van der Waals surface area contributed by atoms with Crippen LogP contribution in [0.15, 0.2) is 59.8 Å². The van der Waals surface area contributed by atoms with E-state index in [1.165, 1.54) is 12.1 Å². The lowest BCUT2D eigenvalue weighted by molar-refractivity contribution is -0.158. The van der Waals surface area contributed by atoms with Gasteiger partial charge in [0.2, 0.25) is 6.10 Å². The van der Waals surface area contributed by atoms with E-state index in [0.717, 1.165) is 5.56 Å². The first-order chi connectivity index (χ1) is 12.6. The van der Waals surface area contributed by atoms with Crippen molar-refractivity contribution < 1.29 is 23.6 Å². The minimum atomic E-state index is -0.935. The monoisotopic (exact) mass is 356 g/mol. The van der Waals surface area contributed by atoms with Gasteiger partial charge in [-0.15, -0.1) is 0 Å². The van der Waals surface area contributed by atoms with E-state index in [9.17, 15) is 14.0 Å². The van der Waals surface area contributed by atoms with E-state index in [4.69, 9.17) is 9.57 Å². The lowest BCUT2D eigenvalue weighted by Crippen LogP contribution is -2.31. The van der Waals surface area contributed by atoms with Crippen molar-refractivity contribution in [3.05, 3.63) is 71.5 Å². The summed E-state index contributed by atoms with van der Waals surface area (Å²) in [7, 11) is 0. The smallest absolute Gasteiger partial charge is 0.351 e. The van der Waals surface area contributed by atoms with Crippen molar-refractivity contribution in [2.45, 2.75) is 19.1 Å². The summed E-state index contributed by atoms with van der Waals surface area (Å²) >= 11 is 0. The van der Waals surface area contributed by atoms with Crippen LogP contribution in [-0.4, -0.2) is 30.3 Å². The fourth-order valence-electron chi connectivity index (χ4n) is 2.42. The first kappa shape index (κ1) is 17.6. The Morgan fingerprint density at radius 3 is 2.77 bits per heavy atom. The van der Waals surface area contributed by atoms with Gasteiger partial charge in [0, 0.05) is 18.5 Å². The highest BCUT2D eigenvalue weighted by Gasteiger charge is 2.30. The van der Waals surface area contributed by atoms with Gasteiger partial charge in [-0.05, 0) is 17.7 Å². The summed E-state index contributed by atoms with van der Waals surface area (Å²) in [5.41, 5.74) is 1.94. The van der Waals surface area contributed by atoms with Crippen molar-refractivity contribution in [3.8, 4) is 0 Å². The number of nitrogens with zero attached hydrogens (tertiary/aromatic N) is 1. The Morgan fingerprint density at radius 2 is 2.00 bits per heavy atom. The van der Waals surface area contributed by atoms with Crippen LogP contribution >= 0.6 is 0 Å². The van der Waals surface area contributed by atoms with E-state index < -0.39 is 30.4 Å². The van der Waals surface area contributed by atoms with Gasteiger partial charge in [0.05, 0.1) is 5.71 Å². The van der Waals surface area contributed by atoms with Crippen LogP contribution in [0.2, 0.25) is 0 Å². The predicted octanol–water partition coefficient (Wildman–Crippen LogP) is 2.18. The van der Waals surface area contributed by atoms with Gasteiger partial charge in [0.25, 0.3) is 5.91 Å². The highest BCUT2D eigenvalue weighted by atomic mass is 19.1. The second kappa shape index (κ2) is 8.24. The number of hydrogen-bond donors (Lipinski definition) is 1. The molecule has 2 aromatic carbocycles. The van der Waals surface area contributed by atoms with Gasteiger partial charge in [-0.2, -0.15) is 0 Å². The highest BCUT2D eigenvalue weighted by Crippen LogP contribution is 2.18. The quantitative estimate of drug-likeness (QED) is 0.805. The fraction of sp³-hybridized carbons (Fsp3) is 0.211. The molecule has 6 nitrogen and oxygen atoms in total. The second-order valence-corrected chi connectivity index (χ2v) is 5.72. The number of amides is 1. The summed E-state index contributed by atoms with van der Waals surface area (Å²) in [5.74, 6) is -1.49. The van der Waals surface area contributed by atoms with Crippen molar-refractivity contribution in [3.63, 3.8) is 0 Å². The number of ether oxygens (including phenoxy) is 1. The van der Waals surface area contributed by atoms with Crippen molar-refractivity contribution in [1.82, 2.24) is 5.32 Å². The largest absolute Gasteiger partial charge is 0.453 e. The molecule has 0 spiro atoms. The van der Waals surface area contributed by atoms with Crippen LogP contribution in [-0.2, 0) is 25.7 Å². The molecule has 3 rings (SSSR count). The number of halogens is 1. The first-order valence-electron chi connectivity index (χ1n) is 8.08. The molecule has 0 radical (unpaired) electrons. The zero-order valence-corrected chi connectivity index (χ0v) is 13.9. The predicted molar refractivity (Wildman–Crippen MR) is 91.7 cm³/mol. The summed E-state index contributed by atoms with van der Waals surface area (Å²) in [6.07, 6.45) is -0.774. The average molecular weight is 356 g/mol. The average Bonchev–Trinajstić information content (AvgIpc) is 3.15. The Kier molecular flexibility index (Phi) is 5.58. The zero-order valence-electron chi connectivity index (χ0n) is 13.9. The van der Waals surface area contributed by atoms with E-state index in [1.807, 2.05) is 30.3 Å². The third kappa shape index (κ3) is 4.66. The summed E-state index contributed by atoms with van der Waals surface area (Å²) in [5, 5.41) is 6.46. The van der Waals surface area contributed by atoms with E-state index in [0.29, 0.717) is 17.8 Å². The van der Waals surface area contributed by atoms with Crippen LogP contribution in [0.5, 0.6) is 0 Å². The highest BCUT2D eigenvalue weighted by molar-refractivity contribution is 6.03. The van der Waals surface area contributed by atoms with Gasteiger partial charge in [0.15, 0.2) is 6.61 Å². The van der Waals surface area contributed by atoms with Crippen molar-refractivity contribution in [1.29, 1.82) is 0 Å². The molecule has 1 heterocycles. The van der Waals surface area contributed by atoms with Crippen LogP contribution < -0.4 is 5.32 Å². The van der Waals surface area contributed by atoms with Crippen molar-refractivity contribution in [2.75, 3.05) is 6.61 Å². The molecule has 1 aliphatic rings. The van der Waals surface area contributed by atoms with Gasteiger partial charge in [-0.1, -0.05) is 47.6 Å². The molecule has 1 aliphatic heterocycles. The summed E-state index contributed by atoms with van der Waals surface area (Å²) in [4.78, 5) is 28.8. The van der Waals surface area contributed by atoms with Gasteiger partial charge >= 0.3 is 5.97 Å². The Labute approximate surface area is 149 Å². The Bertz CT molecular complexity index is 823. The molecule has 1 N–H and O–H groups in total. The zero-order chi connectivity index (χ0) is 18.4. The normalized spacial score (nSPS) is 15.7. The standard InChI is InChI=1S/C19H17FN2O4/c20-15-8-4-7-14(9-15)16-10-17(26-22-16)19(24)25-12-18(23)21-11-13-5-2-1-3-6-13/h1-9,17H,10-12H2,(H,21,23). The molecule has 0 fully saturated rings. The molecule has 7 heteroatoms. The molecule has 0 aromatic heterocycles. The van der Waals surface area contributed by atoms with Crippen LogP contribution in [0.3, 0.4) is 0 Å². The summed E-state index contributed by atoms with van der Waals surface area (Å²) in [6, 6.07) is 15.2. The second-order valence-electron chi connectivity index (χ2n) is 5.72. The number of carbonyl (C=O) groups excluding carboxylic acids is 2. The molecule has 1 unspecified atom stereocenters. The molecule has 0 aliphatic carbocycles. The van der Waals surface area contributed by atoms with Gasteiger partial charge < -0.3 is 14.9 Å². The SMILES string of the molecule is O=C(COC(=O)C1CC(c2cccc(F)c2)=NO1)NCc1ccccc1. The van der Waals surface area contributed by atoms with E-state index in [-0.39, 0.29) is 6.42 Å². The lowest BCUT2D eigenvalue weighted by Gasteiger charge is -2.09. The Balaban J connectivity index is 1.42. The Hall–Kier alpha value is -3.22. The summed E-state index contributed by atoms with van der Waals surface area (Å²) in [6.45, 7) is -0.0508. The molecule has 0 saturated carbocycles. The maximum atomic E-state index is 13.2. The molecule has 1 atom stereocenters. The number of nitrogens with one attached hydrogen (secondary N) is 1. The maximum absolute atomic E-state index is 13.2. The fourth-order valence-corrected chi connectivity index (χ4v) is 2.42. The van der Waals surface area contributed by atoms with Crippen molar-refractivity contribution in [2.24, 2.45) is 5.16 Å². The minimum absolute atomic E-state index is 0.161. The van der Waals surface area contributed by atoms with Crippen LogP contribution in [0.1, 0.15) is 17.5 Å². The number of carbonyl (C=O) groups is 2. The third-order valence-corrected chi connectivity index (χ3v) is 3.77.